The van der Waals surface area contributed by atoms with Crippen LogP contribution >= 0.6 is 24.4 Å². The Kier molecular flexibility index (Phi) is 4.83. The highest BCUT2D eigenvalue weighted by atomic mass is 32.2. The van der Waals surface area contributed by atoms with Crippen molar-refractivity contribution >= 4 is 24.4 Å². The highest BCUT2D eigenvalue weighted by Crippen LogP contribution is 2.37. The quantitative estimate of drug-likeness (QED) is 0.657. The number of hydrogen-bond donors (Lipinski definition) is 1. The first-order valence-electron chi connectivity index (χ1n) is 6.12. The van der Waals surface area contributed by atoms with Crippen molar-refractivity contribution in [3.63, 3.8) is 0 Å². The van der Waals surface area contributed by atoms with Crippen LogP contribution in [0.5, 0.6) is 0 Å². The third-order valence-electron chi connectivity index (χ3n) is 3.45. The van der Waals surface area contributed by atoms with Gasteiger partial charge in [0.05, 0.1) is 0 Å². The molecule has 0 spiro atoms. The summed E-state index contributed by atoms with van der Waals surface area (Å²) < 4.78 is 5.45. The van der Waals surface area contributed by atoms with Crippen molar-refractivity contribution in [2.75, 3.05) is 24.7 Å². The average molecular weight is 268 g/mol. The minimum absolute atomic E-state index is 0.372. The minimum atomic E-state index is 0.372. The van der Waals surface area contributed by atoms with E-state index in [1.807, 2.05) is 11.8 Å². The Hall–Kier alpha value is -0.120. The van der Waals surface area contributed by atoms with E-state index in [9.17, 15) is 0 Å². The van der Waals surface area contributed by atoms with Crippen molar-refractivity contribution in [2.45, 2.75) is 24.7 Å². The predicted octanol–water partition coefficient (Wildman–Crippen LogP) is 3.81. The highest BCUT2D eigenvalue weighted by Gasteiger charge is 2.31. The van der Waals surface area contributed by atoms with Crippen LogP contribution in [0.3, 0.4) is 0 Å². The Morgan fingerprint density at radius 1 is 1.24 bits per heavy atom. The Balaban J connectivity index is 1.93. The molecule has 0 bridgehead atoms. The highest BCUT2D eigenvalue weighted by molar-refractivity contribution is 7.99. The van der Waals surface area contributed by atoms with Gasteiger partial charge >= 0.3 is 0 Å². The largest absolute Gasteiger partial charge is 0.381 e. The zero-order valence-electron chi connectivity index (χ0n) is 10.3. The molecule has 0 atom stereocenters. The van der Waals surface area contributed by atoms with Crippen LogP contribution in [0.25, 0.3) is 0 Å². The summed E-state index contributed by atoms with van der Waals surface area (Å²) in [6, 6.07) is 8.79. The second-order valence-corrected chi connectivity index (χ2v) is 6.24. The number of thioether (sulfide) groups is 1. The van der Waals surface area contributed by atoms with Crippen LogP contribution in [0.2, 0.25) is 0 Å². The molecule has 0 saturated carbocycles. The molecule has 1 fully saturated rings. The van der Waals surface area contributed by atoms with E-state index < -0.39 is 0 Å². The number of benzene rings is 1. The average Bonchev–Trinajstić information content (AvgIpc) is 2.39. The van der Waals surface area contributed by atoms with Crippen molar-refractivity contribution in [1.82, 2.24) is 0 Å². The van der Waals surface area contributed by atoms with Gasteiger partial charge in [-0.05, 0) is 43.1 Å². The maximum atomic E-state index is 5.45. The summed E-state index contributed by atoms with van der Waals surface area (Å²) in [6.07, 6.45) is 2.30. The van der Waals surface area contributed by atoms with E-state index in [1.54, 1.807) is 0 Å². The third-order valence-corrected chi connectivity index (χ3v) is 5.49. The molecule has 17 heavy (non-hydrogen) atoms. The van der Waals surface area contributed by atoms with E-state index in [0.29, 0.717) is 5.41 Å². The number of thiol groups is 1. The first-order valence-corrected chi connectivity index (χ1v) is 7.74. The van der Waals surface area contributed by atoms with Crippen LogP contribution in [-0.4, -0.2) is 24.7 Å². The van der Waals surface area contributed by atoms with Crippen LogP contribution in [-0.2, 0) is 4.74 Å². The Bertz CT molecular complexity index is 342. The Morgan fingerprint density at radius 3 is 2.47 bits per heavy atom. The molecule has 2 rings (SSSR count). The zero-order chi connectivity index (χ0) is 12.1. The lowest BCUT2D eigenvalue weighted by Gasteiger charge is -2.35. The Labute approximate surface area is 114 Å². The molecular weight excluding hydrogens is 248 g/mol. The van der Waals surface area contributed by atoms with Crippen LogP contribution in [0.15, 0.2) is 29.2 Å². The van der Waals surface area contributed by atoms with Gasteiger partial charge in [0, 0.05) is 23.9 Å². The fourth-order valence-corrected chi connectivity index (χ4v) is 3.79. The van der Waals surface area contributed by atoms with E-state index in [1.165, 1.54) is 10.5 Å². The number of ether oxygens (including phenoxy) is 1. The topological polar surface area (TPSA) is 9.23 Å². The van der Waals surface area contributed by atoms with Crippen molar-refractivity contribution < 1.29 is 4.74 Å². The molecule has 1 saturated heterocycles. The molecule has 1 aromatic rings. The molecule has 1 aliphatic heterocycles. The van der Waals surface area contributed by atoms with Crippen molar-refractivity contribution in [3.8, 4) is 0 Å². The van der Waals surface area contributed by atoms with Crippen molar-refractivity contribution in [1.29, 1.82) is 0 Å². The number of rotatable bonds is 4. The van der Waals surface area contributed by atoms with Gasteiger partial charge in [-0.25, -0.2) is 0 Å². The molecule has 1 nitrogen and oxygen atoms in total. The van der Waals surface area contributed by atoms with Crippen LogP contribution in [0, 0.1) is 12.3 Å². The van der Waals surface area contributed by atoms with Gasteiger partial charge in [0.25, 0.3) is 0 Å². The molecule has 0 radical (unpaired) electrons. The summed E-state index contributed by atoms with van der Waals surface area (Å²) in [4.78, 5) is 1.36. The summed E-state index contributed by atoms with van der Waals surface area (Å²) in [5, 5.41) is 0. The molecule has 1 aliphatic rings. The smallest absolute Gasteiger partial charge is 0.0471 e. The molecule has 0 aromatic heterocycles. The summed E-state index contributed by atoms with van der Waals surface area (Å²) in [7, 11) is 0. The molecule has 0 N–H and O–H groups in total. The van der Waals surface area contributed by atoms with Gasteiger partial charge in [-0.2, -0.15) is 12.6 Å². The zero-order valence-corrected chi connectivity index (χ0v) is 12.0. The summed E-state index contributed by atoms with van der Waals surface area (Å²) in [5.41, 5.74) is 1.70. The van der Waals surface area contributed by atoms with Gasteiger partial charge in [-0.3, -0.25) is 0 Å². The van der Waals surface area contributed by atoms with Gasteiger partial charge < -0.3 is 4.74 Å². The summed E-state index contributed by atoms with van der Waals surface area (Å²) in [6.45, 7) is 3.92. The molecule has 0 unspecified atom stereocenters. The maximum absolute atomic E-state index is 5.45. The second kappa shape index (κ2) is 6.17. The fraction of sp³-hybridized carbons (Fsp3) is 0.571. The van der Waals surface area contributed by atoms with Gasteiger partial charge in [0.2, 0.25) is 0 Å². The number of aryl methyl sites for hydroxylation is 1. The van der Waals surface area contributed by atoms with Gasteiger partial charge in [-0.1, -0.05) is 17.7 Å². The molecule has 94 valence electrons. The first-order chi connectivity index (χ1) is 8.24. The SMILES string of the molecule is Cc1ccc(SCC2(CS)CCOCC2)cc1. The summed E-state index contributed by atoms with van der Waals surface area (Å²) >= 11 is 6.50. The monoisotopic (exact) mass is 268 g/mol. The van der Waals surface area contributed by atoms with Crippen LogP contribution in [0.1, 0.15) is 18.4 Å². The number of hydrogen-bond acceptors (Lipinski definition) is 3. The van der Waals surface area contributed by atoms with Crippen molar-refractivity contribution in [3.05, 3.63) is 29.8 Å². The second-order valence-electron chi connectivity index (χ2n) is 4.87. The molecular formula is C14H20OS2. The minimum Gasteiger partial charge on any atom is -0.381 e. The fourth-order valence-electron chi connectivity index (χ4n) is 2.02. The molecule has 0 aliphatic carbocycles. The standard InChI is InChI=1S/C14H20OS2/c1-12-2-4-13(5-3-12)17-11-14(10-16)6-8-15-9-7-14/h2-5,16H,6-11H2,1H3. The van der Waals surface area contributed by atoms with Crippen LogP contribution < -0.4 is 0 Å². The normalized spacial score (nSPS) is 19.2. The predicted molar refractivity (Wildman–Crippen MR) is 78.2 cm³/mol. The lowest BCUT2D eigenvalue weighted by molar-refractivity contribution is 0.0371. The molecule has 1 aromatic carbocycles. The van der Waals surface area contributed by atoms with E-state index in [0.717, 1.165) is 37.6 Å². The van der Waals surface area contributed by atoms with Crippen molar-refractivity contribution in [2.24, 2.45) is 5.41 Å². The van der Waals surface area contributed by atoms with E-state index in [2.05, 4.69) is 43.8 Å². The van der Waals surface area contributed by atoms with E-state index in [4.69, 9.17) is 4.74 Å². The molecule has 3 heteroatoms. The lowest BCUT2D eigenvalue weighted by atomic mass is 9.84. The molecule has 1 heterocycles. The van der Waals surface area contributed by atoms with Crippen LogP contribution in [0.4, 0.5) is 0 Å². The molecule has 0 amide bonds. The van der Waals surface area contributed by atoms with Gasteiger partial charge in [-0.15, -0.1) is 11.8 Å². The maximum Gasteiger partial charge on any atom is 0.0471 e. The first kappa shape index (κ1) is 13.3. The van der Waals surface area contributed by atoms with E-state index in [-0.39, 0.29) is 0 Å². The van der Waals surface area contributed by atoms with E-state index >= 15 is 0 Å². The van der Waals surface area contributed by atoms with Gasteiger partial charge in [0.1, 0.15) is 0 Å². The summed E-state index contributed by atoms with van der Waals surface area (Å²) in [5.74, 6) is 2.12. The third kappa shape index (κ3) is 3.67. The Morgan fingerprint density at radius 2 is 1.88 bits per heavy atom. The van der Waals surface area contributed by atoms with Gasteiger partial charge in [0.15, 0.2) is 0 Å². The lowest BCUT2D eigenvalue weighted by Crippen LogP contribution is -2.33.